The van der Waals surface area contributed by atoms with E-state index in [2.05, 4.69) is 25.9 Å². The molecule has 0 fully saturated rings. The molecule has 2 N–H and O–H groups in total. The van der Waals surface area contributed by atoms with Crippen LogP contribution >= 0.6 is 15.9 Å². The van der Waals surface area contributed by atoms with Crippen LogP contribution in [0.1, 0.15) is 17.4 Å². The second kappa shape index (κ2) is 4.93. The van der Waals surface area contributed by atoms with Crippen LogP contribution in [0.2, 0.25) is 0 Å². The number of rotatable bonds is 2. The number of aromatic nitrogens is 3. The molecule has 0 amide bonds. The Kier molecular flexibility index (Phi) is 3.20. The predicted molar refractivity (Wildman–Crippen MR) is 91.1 cm³/mol. The Morgan fingerprint density at radius 1 is 1.48 bits per heavy atom. The maximum absolute atomic E-state index is 11.4. The molecule has 0 saturated heterocycles. The summed E-state index contributed by atoms with van der Waals surface area (Å²) in [4.78, 5) is 7.72. The average molecular weight is 396 g/mol. The van der Waals surface area contributed by atoms with Crippen molar-refractivity contribution in [1.82, 2.24) is 14.5 Å². The van der Waals surface area contributed by atoms with Gasteiger partial charge >= 0.3 is 0 Å². The summed E-state index contributed by atoms with van der Waals surface area (Å²) >= 11 is 3.48. The van der Waals surface area contributed by atoms with Gasteiger partial charge in [0.2, 0.25) is 0 Å². The van der Waals surface area contributed by atoms with Crippen LogP contribution in [0.5, 0.6) is 0 Å². The van der Waals surface area contributed by atoms with Gasteiger partial charge in [-0.15, -0.1) is 0 Å². The van der Waals surface area contributed by atoms with E-state index >= 15 is 0 Å². The Bertz CT molecular complexity index is 1040. The zero-order chi connectivity index (χ0) is 16.4. The highest BCUT2D eigenvalue weighted by atomic mass is 79.9. The quantitative estimate of drug-likeness (QED) is 0.652. The third-order valence-electron chi connectivity index (χ3n) is 4.31. The molecule has 120 valence electrons. The lowest BCUT2D eigenvalue weighted by molar-refractivity contribution is 0.453. The molecule has 2 aromatic heterocycles. The van der Waals surface area contributed by atoms with E-state index in [0.29, 0.717) is 6.42 Å². The molecule has 8 heteroatoms. The predicted octanol–water partition coefficient (Wildman–Crippen LogP) is 3.09. The van der Waals surface area contributed by atoms with Gasteiger partial charge in [-0.25, -0.2) is 4.98 Å². The number of aromatic amines is 1. The number of H-pyrrole nitrogens is 1. The van der Waals surface area contributed by atoms with Gasteiger partial charge in [0, 0.05) is 15.4 Å². The zero-order valence-corrected chi connectivity index (χ0v) is 14.6. The molecule has 0 spiro atoms. The first-order valence-electron chi connectivity index (χ1n) is 7.13. The third-order valence-corrected chi connectivity index (χ3v) is 5.61. The van der Waals surface area contributed by atoms with E-state index in [1.165, 1.54) is 0 Å². The normalized spacial score (nSPS) is 17.3. The van der Waals surface area contributed by atoms with Gasteiger partial charge in [0.15, 0.2) is 0 Å². The first kappa shape index (κ1) is 14.9. The number of halogens is 1. The summed E-state index contributed by atoms with van der Waals surface area (Å²) < 4.78 is 35.0. The molecule has 6 nitrogen and oxygen atoms in total. The summed E-state index contributed by atoms with van der Waals surface area (Å²) in [7, 11) is -4.08. The minimum Gasteiger partial charge on any atom is -0.353 e. The van der Waals surface area contributed by atoms with Crippen molar-refractivity contribution in [3.63, 3.8) is 0 Å². The smallest absolute Gasteiger partial charge is 0.266 e. The van der Waals surface area contributed by atoms with Gasteiger partial charge in [-0.3, -0.25) is 4.55 Å². The lowest BCUT2D eigenvalue weighted by Crippen LogP contribution is -2.26. The van der Waals surface area contributed by atoms with Crippen LogP contribution in [0.15, 0.2) is 28.9 Å². The lowest BCUT2D eigenvalue weighted by atomic mass is 9.98. The summed E-state index contributed by atoms with van der Waals surface area (Å²) in [5, 5.41) is 1.06. The van der Waals surface area contributed by atoms with Gasteiger partial charge in [0.05, 0.1) is 29.4 Å². The van der Waals surface area contributed by atoms with Crippen molar-refractivity contribution >= 4 is 37.0 Å². The van der Waals surface area contributed by atoms with E-state index in [0.717, 1.165) is 38.2 Å². The van der Waals surface area contributed by atoms with Crippen LogP contribution in [-0.2, 0) is 16.5 Å². The monoisotopic (exact) mass is 395 g/mol. The fraction of sp³-hybridized carbons (Fsp3) is 0.267. The minimum absolute atomic E-state index is 0.322. The van der Waals surface area contributed by atoms with Crippen LogP contribution in [0.3, 0.4) is 0 Å². The molecule has 3 heterocycles. The van der Waals surface area contributed by atoms with Crippen LogP contribution in [-0.4, -0.2) is 33.3 Å². The van der Waals surface area contributed by atoms with Crippen molar-refractivity contribution in [1.29, 1.82) is 0 Å². The zero-order valence-electron chi connectivity index (χ0n) is 12.2. The van der Waals surface area contributed by atoms with Crippen molar-refractivity contribution in [3.05, 3.63) is 40.3 Å². The van der Waals surface area contributed by atoms with E-state index < -0.39 is 10.1 Å². The number of imidazole rings is 1. The molecule has 3 aromatic rings. The number of nitrogens with zero attached hydrogens (tertiary/aromatic N) is 2. The number of benzene rings is 1. The molecule has 0 saturated carbocycles. The van der Waals surface area contributed by atoms with E-state index in [-0.39, 0.29) is 11.8 Å². The standard InChI is InChI=1S/C15H14BrN3O3S/c1-8-17-6-14-15-12(5-10(19(8)14)7-23(20,21)22)11-4-9(16)2-3-13(11)18-15/h2-4,6,10,18H,5,7H2,1H3,(H,20,21,22). The fourth-order valence-electron chi connectivity index (χ4n) is 3.45. The van der Waals surface area contributed by atoms with Crippen LogP contribution in [0.25, 0.3) is 22.3 Å². The summed E-state index contributed by atoms with van der Waals surface area (Å²) in [6, 6.07) is 5.60. The number of hydrogen-bond donors (Lipinski definition) is 2. The average Bonchev–Trinajstić information content (AvgIpc) is 2.99. The van der Waals surface area contributed by atoms with E-state index in [1.54, 1.807) is 6.20 Å². The highest BCUT2D eigenvalue weighted by Gasteiger charge is 2.31. The summed E-state index contributed by atoms with van der Waals surface area (Å²) in [5.41, 5.74) is 3.87. The molecule has 0 bridgehead atoms. The van der Waals surface area contributed by atoms with Crippen LogP contribution < -0.4 is 0 Å². The summed E-state index contributed by atoms with van der Waals surface area (Å²) in [6.45, 7) is 1.84. The molecule has 0 aliphatic carbocycles. The second-order valence-electron chi connectivity index (χ2n) is 5.84. The van der Waals surface area contributed by atoms with Crippen molar-refractivity contribution in [3.8, 4) is 11.4 Å². The molecule has 4 rings (SSSR count). The van der Waals surface area contributed by atoms with Gasteiger partial charge in [0.25, 0.3) is 10.1 Å². The van der Waals surface area contributed by atoms with Gasteiger partial charge in [-0.2, -0.15) is 8.42 Å². The molecule has 0 radical (unpaired) electrons. The number of nitrogens with one attached hydrogen (secondary N) is 1. The molecule has 1 aromatic carbocycles. The first-order chi connectivity index (χ1) is 10.8. The Morgan fingerprint density at radius 2 is 2.26 bits per heavy atom. The molecule has 1 atom stereocenters. The molecule has 1 aliphatic heterocycles. The molecule has 23 heavy (non-hydrogen) atoms. The Hall–Kier alpha value is -1.64. The van der Waals surface area contributed by atoms with Gasteiger partial charge < -0.3 is 9.55 Å². The highest BCUT2D eigenvalue weighted by molar-refractivity contribution is 9.10. The number of hydrogen-bond acceptors (Lipinski definition) is 3. The molecular weight excluding hydrogens is 382 g/mol. The SMILES string of the molecule is Cc1ncc2n1C(CS(=O)(=O)O)Cc1c-2[nH]c2ccc(Br)cc12. The maximum Gasteiger partial charge on any atom is 0.266 e. The summed E-state index contributed by atoms with van der Waals surface area (Å²) in [5.74, 6) is 0.413. The largest absolute Gasteiger partial charge is 0.353 e. The van der Waals surface area contributed by atoms with E-state index in [9.17, 15) is 13.0 Å². The highest BCUT2D eigenvalue weighted by Crippen LogP contribution is 2.40. The number of fused-ring (bicyclic) bond motifs is 5. The lowest BCUT2D eigenvalue weighted by Gasteiger charge is -2.26. The minimum atomic E-state index is -4.08. The molecule has 1 unspecified atom stereocenters. The van der Waals surface area contributed by atoms with Crippen molar-refractivity contribution in [2.24, 2.45) is 0 Å². The number of aryl methyl sites for hydroxylation is 1. The van der Waals surface area contributed by atoms with Crippen LogP contribution in [0, 0.1) is 6.92 Å². The Morgan fingerprint density at radius 3 is 3.00 bits per heavy atom. The Labute approximate surface area is 141 Å². The van der Waals surface area contributed by atoms with Crippen LogP contribution in [0.4, 0.5) is 0 Å². The summed E-state index contributed by atoms with van der Waals surface area (Å²) in [6.07, 6.45) is 2.27. The Balaban J connectivity index is 1.97. The fourth-order valence-corrected chi connectivity index (χ4v) is 4.57. The van der Waals surface area contributed by atoms with Crippen molar-refractivity contribution in [2.45, 2.75) is 19.4 Å². The van der Waals surface area contributed by atoms with Crippen molar-refractivity contribution < 1.29 is 13.0 Å². The van der Waals surface area contributed by atoms with E-state index in [1.807, 2.05) is 29.7 Å². The third kappa shape index (κ3) is 2.41. The van der Waals surface area contributed by atoms with Gasteiger partial charge in [0.1, 0.15) is 5.82 Å². The van der Waals surface area contributed by atoms with Crippen molar-refractivity contribution in [2.75, 3.05) is 5.75 Å². The van der Waals surface area contributed by atoms with Gasteiger partial charge in [-0.05, 0) is 37.1 Å². The van der Waals surface area contributed by atoms with E-state index in [4.69, 9.17) is 0 Å². The van der Waals surface area contributed by atoms with Gasteiger partial charge in [-0.1, -0.05) is 15.9 Å². The second-order valence-corrected chi connectivity index (χ2v) is 8.25. The molecular formula is C15H14BrN3O3S. The maximum atomic E-state index is 11.4. The first-order valence-corrected chi connectivity index (χ1v) is 9.53. The molecule has 1 aliphatic rings. The topological polar surface area (TPSA) is 88.0 Å².